The van der Waals surface area contributed by atoms with E-state index in [0.717, 1.165) is 36.9 Å². The molecular weight excluding hydrogens is 344 g/mol. The molecule has 1 fully saturated rings. The van der Waals surface area contributed by atoms with Gasteiger partial charge >= 0.3 is 6.09 Å². The molecule has 1 N–H and O–H groups in total. The van der Waals surface area contributed by atoms with E-state index in [9.17, 15) is 4.79 Å². The predicted octanol–water partition coefficient (Wildman–Crippen LogP) is 3.94. The fourth-order valence-electron chi connectivity index (χ4n) is 2.59. The number of benzene rings is 1. The van der Waals surface area contributed by atoms with Crippen LogP contribution in [0.5, 0.6) is 0 Å². The quantitative estimate of drug-likeness (QED) is 0.874. The molecule has 1 aromatic carbocycles. The molecule has 0 unspecified atom stereocenters. The Morgan fingerprint density at radius 3 is 2.68 bits per heavy atom. The van der Waals surface area contributed by atoms with Gasteiger partial charge in [0.1, 0.15) is 5.60 Å². The Morgan fingerprint density at radius 1 is 1.36 bits per heavy atom. The van der Waals surface area contributed by atoms with Crippen LogP contribution in [0.1, 0.15) is 39.2 Å². The topological polar surface area (TPSA) is 41.6 Å². The molecule has 1 aliphatic heterocycles. The van der Waals surface area contributed by atoms with Crippen LogP contribution in [0.2, 0.25) is 0 Å². The van der Waals surface area contributed by atoms with Crippen molar-refractivity contribution < 1.29 is 9.53 Å². The molecule has 1 aliphatic rings. The molecule has 2 rings (SSSR count). The third kappa shape index (κ3) is 5.29. The van der Waals surface area contributed by atoms with Crippen molar-refractivity contribution >= 4 is 22.0 Å². The van der Waals surface area contributed by atoms with E-state index in [0.29, 0.717) is 0 Å². The number of nitrogens with one attached hydrogen (secondary N) is 1. The van der Waals surface area contributed by atoms with E-state index in [-0.39, 0.29) is 12.1 Å². The first-order valence-electron chi connectivity index (χ1n) is 7.80. The zero-order valence-electron chi connectivity index (χ0n) is 13.6. The Kier molecular flexibility index (Phi) is 5.87. The van der Waals surface area contributed by atoms with Crippen LogP contribution < -0.4 is 5.32 Å². The van der Waals surface area contributed by atoms with Gasteiger partial charge in [-0.1, -0.05) is 28.1 Å². The lowest BCUT2D eigenvalue weighted by Gasteiger charge is -2.28. The van der Waals surface area contributed by atoms with E-state index in [1.807, 2.05) is 37.8 Å². The fraction of sp³-hybridized carbons (Fsp3) is 0.588. The normalized spacial score (nSPS) is 18.5. The number of hydrogen-bond donors (Lipinski definition) is 1. The largest absolute Gasteiger partial charge is 0.444 e. The minimum absolute atomic E-state index is 0.194. The number of hydrogen-bond acceptors (Lipinski definition) is 3. The third-order valence-electron chi connectivity index (χ3n) is 3.63. The molecular formula is C17H25BrN2O2. The second-order valence-corrected chi connectivity index (χ2v) is 7.64. The van der Waals surface area contributed by atoms with Gasteiger partial charge in [0.2, 0.25) is 0 Å². The molecule has 22 heavy (non-hydrogen) atoms. The van der Waals surface area contributed by atoms with Crippen LogP contribution in [-0.4, -0.2) is 35.7 Å². The lowest BCUT2D eigenvalue weighted by atomic mass is 10.2. The van der Waals surface area contributed by atoms with E-state index in [1.165, 1.54) is 5.56 Å². The van der Waals surface area contributed by atoms with Gasteiger partial charge in [-0.25, -0.2) is 4.79 Å². The number of halogens is 1. The van der Waals surface area contributed by atoms with Crippen molar-refractivity contribution in [1.29, 1.82) is 0 Å². The van der Waals surface area contributed by atoms with Crippen LogP contribution in [0.15, 0.2) is 28.7 Å². The van der Waals surface area contributed by atoms with Gasteiger partial charge in [-0.2, -0.15) is 0 Å². The Labute approximate surface area is 141 Å². The first-order valence-corrected chi connectivity index (χ1v) is 8.59. The maximum Gasteiger partial charge on any atom is 0.410 e. The number of nitrogens with zero attached hydrogens (tertiary/aromatic N) is 1. The number of likely N-dealkylation sites (tertiary alicyclic amines) is 1. The summed E-state index contributed by atoms with van der Waals surface area (Å²) in [5.74, 6) is 0. The minimum atomic E-state index is -0.435. The highest BCUT2D eigenvalue weighted by Crippen LogP contribution is 2.20. The van der Waals surface area contributed by atoms with Crippen LogP contribution in [0.3, 0.4) is 0 Å². The average molecular weight is 369 g/mol. The predicted molar refractivity (Wildman–Crippen MR) is 91.8 cm³/mol. The third-order valence-corrected chi connectivity index (χ3v) is 4.16. The minimum Gasteiger partial charge on any atom is -0.444 e. The molecule has 1 saturated heterocycles. The molecule has 4 nitrogen and oxygen atoms in total. The summed E-state index contributed by atoms with van der Waals surface area (Å²) in [6.07, 6.45) is 1.89. The molecule has 1 heterocycles. The summed E-state index contributed by atoms with van der Waals surface area (Å²) in [6.45, 7) is 8.12. The van der Waals surface area contributed by atoms with Crippen LogP contribution >= 0.6 is 15.9 Å². The van der Waals surface area contributed by atoms with Crippen molar-refractivity contribution in [3.05, 3.63) is 34.3 Å². The average Bonchev–Trinajstić information content (AvgIpc) is 2.88. The number of carbonyl (C=O) groups is 1. The Balaban J connectivity index is 1.81. The molecule has 0 saturated carbocycles. The first kappa shape index (κ1) is 17.3. The first-order chi connectivity index (χ1) is 10.3. The van der Waals surface area contributed by atoms with Crippen molar-refractivity contribution in [2.75, 3.05) is 13.1 Å². The smallest absolute Gasteiger partial charge is 0.410 e. The number of amides is 1. The molecule has 0 spiro atoms. The van der Waals surface area contributed by atoms with Crippen LogP contribution in [0, 0.1) is 0 Å². The molecule has 0 radical (unpaired) electrons. The summed E-state index contributed by atoms with van der Waals surface area (Å²) < 4.78 is 6.57. The van der Waals surface area contributed by atoms with E-state index >= 15 is 0 Å². The Bertz CT molecular complexity index is 496. The van der Waals surface area contributed by atoms with Crippen molar-refractivity contribution in [3.63, 3.8) is 0 Å². The summed E-state index contributed by atoms with van der Waals surface area (Å²) in [6, 6.07) is 8.50. The van der Waals surface area contributed by atoms with Gasteiger partial charge in [-0.3, -0.25) is 0 Å². The number of carbonyl (C=O) groups excluding carboxylic acids is 1. The second kappa shape index (κ2) is 7.47. The van der Waals surface area contributed by atoms with Crippen LogP contribution in [0.4, 0.5) is 4.79 Å². The van der Waals surface area contributed by atoms with E-state index in [1.54, 1.807) is 0 Å². The molecule has 1 aromatic rings. The van der Waals surface area contributed by atoms with Gasteiger partial charge in [0.25, 0.3) is 0 Å². The fourth-order valence-corrected chi connectivity index (χ4v) is 2.86. The number of ether oxygens (including phenoxy) is 1. The molecule has 1 atom stereocenters. The summed E-state index contributed by atoms with van der Waals surface area (Å²) in [5.41, 5.74) is 0.805. The zero-order valence-corrected chi connectivity index (χ0v) is 15.1. The van der Waals surface area contributed by atoms with E-state index in [4.69, 9.17) is 4.74 Å². The van der Waals surface area contributed by atoms with Gasteiger partial charge in [0.05, 0.1) is 0 Å². The molecule has 5 heteroatoms. The highest BCUT2D eigenvalue weighted by Gasteiger charge is 2.31. The highest BCUT2D eigenvalue weighted by atomic mass is 79.9. The van der Waals surface area contributed by atoms with Gasteiger partial charge in [0, 0.05) is 30.1 Å². The monoisotopic (exact) mass is 368 g/mol. The van der Waals surface area contributed by atoms with Gasteiger partial charge < -0.3 is 15.0 Å². The van der Waals surface area contributed by atoms with Gasteiger partial charge in [0.15, 0.2) is 0 Å². The lowest BCUT2D eigenvalue weighted by Crippen LogP contribution is -2.44. The highest BCUT2D eigenvalue weighted by molar-refractivity contribution is 9.10. The maximum absolute atomic E-state index is 12.2. The van der Waals surface area contributed by atoms with Crippen molar-refractivity contribution in [2.24, 2.45) is 0 Å². The van der Waals surface area contributed by atoms with Crippen LogP contribution in [-0.2, 0) is 11.3 Å². The second-order valence-electron chi connectivity index (χ2n) is 6.73. The van der Waals surface area contributed by atoms with Crippen molar-refractivity contribution in [2.45, 2.75) is 51.8 Å². The molecule has 0 aromatic heterocycles. The van der Waals surface area contributed by atoms with E-state index < -0.39 is 5.60 Å². The molecule has 0 aliphatic carbocycles. The number of rotatable bonds is 4. The zero-order chi connectivity index (χ0) is 16.2. The summed E-state index contributed by atoms with van der Waals surface area (Å²) in [7, 11) is 0. The van der Waals surface area contributed by atoms with Crippen LogP contribution in [0.25, 0.3) is 0 Å². The molecule has 122 valence electrons. The van der Waals surface area contributed by atoms with E-state index in [2.05, 4.69) is 33.4 Å². The molecule has 1 amide bonds. The molecule has 0 bridgehead atoms. The van der Waals surface area contributed by atoms with Gasteiger partial charge in [-0.15, -0.1) is 0 Å². The Hall–Kier alpha value is -1.07. The summed E-state index contributed by atoms with van der Waals surface area (Å²) >= 11 is 3.44. The summed E-state index contributed by atoms with van der Waals surface area (Å²) in [5, 5.41) is 3.45. The Morgan fingerprint density at radius 2 is 2.05 bits per heavy atom. The lowest BCUT2D eigenvalue weighted by molar-refractivity contribution is 0.0226. The van der Waals surface area contributed by atoms with Crippen molar-refractivity contribution in [1.82, 2.24) is 10.2 Å². The summed E-state index contributed by atoms with van der Waals surface area (Å²) in [4.78, 5) is 14.1. The van der Waals surface area contributed by atoms with Gasteiger partial charge in [-0.05, 0) is 51.3 Å². The maximum atomic E-state index is 12.2. The standard InChI is InChI=1S/C17H25BrN2O2/c1-17(2,3)22-16(21)20-10-4-5-15(20)12-19-11-13-6-8-14(18)9-7-13/h6-9,15,19H,4-5,10-12H2,1-3H3/t15-/m1/s1. The SMILES string of the molecule is CC(C)(C)OC(=O)N1CCC[C@@H]1CNCc1ccc(Br)cc1. The van der Waals surface area contributed by atoms with Crippen molar-refractivity contribution in [3.8, 4) is 0 Å².